The molecule has 7 rings (SSSR count). The van der Waals surface area contributed by atoms with Crippen molar-refractivity contribution in [3.8, 4) is 11.3 Å². The Morgan fingerprint density at radius 2 is 1.87 bits per heavy atom. The summed E-state index contributed by atoms with van der Waals surface area (Å²) >= 11 is 1.39. The first kappa shape index (κ1) is 49.5. The van der Waals surface area contributed by atoms with Crippen molar-refractivity contribution in [2.24, 2.45) is 22.2 Å². The second-order valence-electron chi connectivity index (χ2n) is 19.0. The zero-order chi connectivity index (χ0) is 48.2. The number of benzene rings is 1. The molecule has 360 valence electrons. The number of allylic oxidation sites excluding steroid dienone is 2. The van der Waals surface area contributed by atoms with E-state index >= 15 is 0 Å². The summed E-state index contributed by atoms with van der Waals surface area (Å²) in [6, 6.07) is 4.33. The number of methoxy groups -OCH3 is 1. The van der Waals surface area contributed by atoms with Gasteiger partial charge in [-0.05, 0) is 89.0 Å². The standard InChI is InChI=1S/C51H67N7O8S/c1-10-35(44(52-12-3)31(5)64-9)46-37-27-51(6,7)30-65-50(63)41-19-16-23-58(66-41)49(62)38(26-42-53-39(29-67-42)33-20-21-40(36(37)25-33)57(46)13-4)54-47(60)45(32-17-14-15-18-32)55(8)48(61)34-22-24-56(28-34)43(59)11-2/h10-12,20-21,25,29,31-32,34,38,41,45H,1-2,13-19,22-24,26-28,30H2,3-9H3,(H,54,60)/b44-35+,52-12-/t31-,34?,38-,41-,45-/m0/s1. The first-order valence-corrected chi connectivity index (χ1v) is 24.6. The average Bonchev–Trinajstić information content (AvgIpc) is 4.18. The number of carbonyl (C=O) groups excluding carboxylic acids is 5. The van der Waals surface area contributed by atoms with E-state index in [0.717, 1.165) is 70.4 Å². The van der Waals surface area contributed by atoms with Gasteiger partial charge in [-0.15, -0.1) is 11.3 Å². The lowest BCUT2D eigenvalue weighted by atomic mass is 9.84. The minimum Gasteiger partial charge on any atom is -0.463 e. The second-order valence-corrected chi connectivity index (χ2v) is 19.9. The average molecular weight is 938 g/mol. The van der Waals surface area contributed by atoms with Crippen molar-refractivity contribution >= 4 is 63.6 Å². The van der Waals surface area contributed by atoms with Crippen LogP contribution in [0, 0.1) is 17.3 Å². The number of hydrogen-bond acceptors (Lipinski definition) is 11. The Labute approximate surface area is 398 Å². The third-order valence-electron chi connectivity index (χ3n) is 13.8. The minimum absolute atomic E-state index is 0.0461. The molecule has 4 aliphatic rings. The van der Waals surface area contributed by atoms with Gasteiger partial charge in [0, 0.05) is 85.8 Å². The Hall–Kier alpha value is -5.45. The number of fused-ring (bicyclic) bond motifs is 6. The highest BCUT2D eigenvalue weighted by atomic mass is 32.1. The molecular weight excluding hydrogens is 871 g/mol. The molecule has 3 aromatic rings. The van der Waals surface area contributed by atoms with Gasteiger partial charge in [0.05, 0.1) is 40.7 Å². The Bertz CT molecular complexity index is 2450. The SMILES string of the molecule is C=CC(=O)N1CCC(C(=O)N(C)[C@H](C(=O)N[C@H]2Cc3nc(cs3)-c3ccc4c(c3)c(c(/C(C=C)=C(/N=C\C)[C@H](C)OC)n4CC)CC(C)(C)COC(=O)[C@@H]3CCCN(O3)C2=O)C2CCCC2)C1. The monoisotopic (exact) mass is 937 g/mol. The Balaban J connectivity index is 1.29. The van der Waals surface area contributed by atoms with E-state index in [4.69, 9.17) is 24.3 Å². The van der Waals surface area contributed by atoms with E-state index in [2.05, 4.69) is 55.9 Å². The fourth-order valence-electron chi connectivity index (χ4n) is 10.3. The number of carbonyl (C=O) groups is 5. The van der Waals surface area contributed by atoms with Crippen LogP contribution in [0.5, 0.6) is 0 Å². The molecule has 2 aromatic heterocycles. The molecule has 4 amide bonds. The number of amides is 4. The van der Waals surface area contributed by atoms with Crippen LogP contribution in [0.4, 0.5) is 0 Å². The molecule has 1 saturated carbocycles. The van der Waals surface area contributed by atoms with Crippen LogP contribution in [0.2, 0.25) is 0 Å². The maximum absolute atomic E-state index is 14.8. The lowest BCUT2D eigenvalue weighted by molar-refractivity contribution is -0.231. The van der Waals surface area contributed by atoms with Crippen molar-refractivity contribution in [1.82, 2.24) is 29.7 Å². The van der Waals surface area contributed by atoms with Crippen molar-refractivity contribution in [1.29, 1.82) is 0 Å². The fourth-order valence-corrected chi connectivity index (χ4v) is 11.1. The molecular formula is C51H67N7O8S. The van der Waals surface area contributed by atoms with Gasteiger partial charge in [0.15, 0.2) is 6.10 Å². The topological polar surface area (TPSA) is 165 Å². The van der Waals surface area contributed by atoms with Crippen molar-refractivity contribution in [2.75, 3.05) is 40.4 Å². The van der Waals surface area contributed by atoms with Gasteiger partial charge in [0.25, 0.3) is 5.91 Å². The van der Waals surface area contributed by atoms with E-state index in [1.54, 1.807) is 25.3 Å². The molecule has 6 bridgehead atoms. The normalized spacial score (nSPS) is 22.8. The number of nitrogens with zero attached hydrogens (tertiary/aromatic N) is 6. The summed E-state index contributed by atoms with van der Waals surface area (Å²) in [6.07, 6.45) is 8.73. The zero-order valence-electron chi connectivity index (χ0n) is 40.2. The molecule has 16 heteroatoms. The summed E-state index contributed by atoms with van der Waals surface area (Å²) in [7, 11) is 3.31. The number of aliphatic imine (C=N–C) groups is 1. The van der Waals surface area contributed by atoms with Crippen molar-refractivity contribution in [3.63, 3.8) is 0 Å². The van der Waals surface area contributed by atoms with Gasteiger partial charge in [-0.3, -0.25) is 29.0 Å². The van der Waals surface area contributed by atoms with Crippen LogP contribution in [0.3, 0.4) is 0 Å². The summed E-state index contributed by atoms with van der Waals surface area (Å²) in [5, 5.41) is 7.85. The highest BCUT2D eigenvalue weighted by molar-refractivity contribution is 7.10. The van der Waals surface area contributed by atoms with Crippen LogP contribution in [-0.2, 0) is 57.7 Å². The predicted molar refractivity (Wildman–Crippen MR) is 260 cm³/mol. The van der Waals surface area contributed by atoms with Gasteiger partial charge in [0.1, 0.15) is 12.1 Å². The number of aromatic nitrogens is 2. The van der Waals surface area contributed by atoms with Crippen molar-refractivity contribution in [2.45, 2.75) is 123 Å². The summed E-state index contributed by atoms with van der Waals surface area (Å²) in [5.41, 5.74) is 5.63. The number of likely N-dealkylation sites (N-methyl/N-ethyl adjacent to an activating group) is 1. The number of nitrogens with one attached hydrogen (secondary N) is 1. The molecule has 1 unspecified atom stereocenters. The molecule has 3 fully saturated rings. The van der Waals surface area contributed by atoms with Gasteiger partial charge in [0.2, 0.25) is 17.7 Å². The molecule has 15 nitrogen and oxygen atoms in total. The number of thiazole rings is 1. The first-order valence-electron chi connectivity index (χ1n) is 23.7. The largest absolute Gasteiger partial charge is 0.463 e. The number of hydroxylamine groups is 2. The van der Waals surface area contributed by atoms with Crippen LogP contribution in [0.1, 0.15) is 95.8 Å². The minimum atomic E-state index is -1.13. The van der Waals surface area contributed by atoms with E-state index < -0.39 is 47.3 Å². The fraction of sp³-hybridized carbons (Fsp3) is 0.549. The third-order valence-corrected chi connectivity index (χ3v) is 14.7. The van der Waals surface area contributed by atoms with Gasteiger partial charge in [-0.25, -0.2) is 14.8 Å². The molecule has 5 atom stereocenters. The second kappa shape index (κ2) is 21.2. The Morgan fingerprint density at radius 3 is 2.55 bits per heavy atom. The summed E-state index contributed by atoms with van der Waals surface area (Å²) < 4.78 is 14.2. The van der Waals surface area contributed by atoms with E-state index in [1.165, 1.54) is 27.4 Å². The number of rotatable bonds is 12. The number of esters is 1. The number of ether oxygens (including phenoxy) is 2. The Morgan fingerprint density at radius 1 is 1.10 bits per heavy atom. The molecule has 5 heterocycles. The molecule has 0 spiro atoms. The molecule has 1 N–H and O–H groups in total. The van der Waals surface area contributed by atoms with Gasteiger partial charge >= 0.3 is 5.97 Å². The molecule has 0 radical (unpaired) electrons. The lowest BCUT2D eigenvalue weighted by Crippen LogP contribution is -2.58. The lowest BCUT2D eigenvalue weighted by Gasteiger charge is -2.36. The third kappa shape index (κ3) is 10.5. The zero-order valence-corrected chi connectivity index (χ0v) is 41.0. The maximum atomic E-state index is 14.8. The van der Waals surface area contributed by atoms with Crippen LogP contribution >= 0.6 is 11.3 Å². The van der Waals surface area contributed by atoms with Crippen molar-refractivity contribution in [3.05, 3.63) is 70.9 Å². The highest BCUT2D eigenvalue weighted by Gasteiger charge is 2.43. The highest BCUT2D eigenvalue weighted by Crippen LogP contribution is 2.41. The van der Waals surface area contributed by atoms with E-state index in [1.807, 2.05) is 31.4 Å². The van der Waals surface area contributed by atoms with Crippen LogP contribution < -0.4 is 5.32 Å². The molecule has 67 heavy (non-hydrogen) atoms. The predicted octanol–water partition coefficient (Wildman–Crippen LogP) is 6.93. The summed E-state index contributed by atoms with van der Waals surface area (Å²) in [5.74, 6) is -2.56. The summed E-state index contributed by atoms with van der Waals surface area (Å²) in [4.78, 5) is 89.0. The van der Waals surface area contributed by atoms with E-state index in [-0.39, 0.29) is 50.0 Å². The van der Waals surface area contributed by atoms with E-state index in [0.29, 0.717) is 43.8 Å². The number of likely N-dealkylation sites (tertiary alicyclic amines) is 1. The van der Waals surface area contributed by atoms with Crippen molar-refractivity contribution < 1.29 is 38.3 Å². The Kier molecular flexibility index (Phi) is 15.7. The summed E-state index contributed by atoms with van der Waals surface area (Å²) in [6.45, 7) is 19.6. The number of cyclic esters (lactones) is 1. The van der Waals surface area contributed by atoms with Crippen LogP contribution in [-0.4, -0.2) is 125 Å². The van der Waals surface area contributed by atoms with Gasteiger partial charge in [-0.2, -0.15) is 0 Å². The van der Waals surface area contributed by atoms with Gasteiger partial charge < -0.3 is 29.2 Å². The van der Waals surface area contributed by atoms with E-state index in [9.17, 15) is 24.0 Å². The van der Waals surface area contributed by atoms with Crippen LogP contribution in [0.25, 0.3) is 27.7 Å². The number of hydrogen-bond donors (Lipinski definition) is 1. The molecule has 3 aliphatic heterocycles. The molecule has 1 aromatic carbocycles. The quantitative estimate of drug-likeness (QED) is 0.0878. The first-order chi connectivity index (χ1) is 32.1. The smallest absolute Gasteiger partial charge is 0.338 e. The molecule has 1 aliphatic carbocycles. The van der Waals surface area contributed by atoms with Gasteiger partial charge in [-0.1, -0.05) is 52.0 Å². The number of aryl methyl sites for hydroxylation is 1. The molecule has 2 saturated heterocycles. The maximum Gasteiger partial charge on any atom is 0.338 e. The van der Waals surface area contributed by atoms with Crippen LogP contribution in [0.15, 0.2) is 59.6 Å².